The first-order valence-electron chi connectivity index (χ1n) is 23.3. The highest BCUT2D eigenvalue weighted by atomic mass is 14.9. The summed E-state index contributed by atoms with van der Waals surface area (Å²) in [4.78, 5) is 0. The van der Waals surface area contributed by atoms with Gasteiger partial charge in [-0.1, -0.05) is 216 Å². The van der Waals surface area contributed by atoms with Gasteiger partial charge in [0.15, 0.2) is 0 Å². The smallest absolute Gasteiger partial charge is 0.0505 e. The molecule has 2 heteroatoms. The SMILES string of the molecule is CC1(C)c2ccccc2Nc2c(-c3cccc4c(-c5c6ccccc6c(-c6ccccc6)c6ccccc56)c5cccc(-c6cccc7c6Nc6ccccc6C7(C)C)c5cc34)cccc21. The molecule has 66 heavy (non-hydrogen) atoms. The Bertz CT molecular complexity index is 3590. The van der Waals surface area contributed by atoms with E-state index < -0.39 is 0 Å². The molecule has 2 aliphatic rings. The van der Waals surface area contributed by atoms with Gasteiger partial charge < -0.3 is 10.6 Å². The van der Waals surface area contributed by atoms with Crippen molar-refractivity contribution in [2.75, 3.05) is 10.6 Å². The van der Waals surface area contributed by atoms with Crippen molar-refractivity contribution in [2.45, 2.75) is 38.5 Å². The van der Waals surface area contributed by atoms with Crippen LogP contribution in [0.5, 0.6) is 0 Å². The predicted molar refractivity (Wildman–Crippen MR) is 282 cm³/mol. The first-order valence-corrected chi connectivity index (χ1v) is 23.3. The second-order valence-electron chi connectivity index (χ2n) is 19.3. The van der Waals surface area contributed by atoms with Crippen LogP contribution in [0.1, 0.15) is 49.9 Å². The maximum atomic E-state index is 3.96. The number of para-hydroxylation sites is 4. The molecule has 0 aliphatic carbocycles. The average Bonchev–Trinajstić information content (AvgIpc) is 3.35. The van der Waals surface area contributed by atoms with Crippen LogP contribution in [-0.2, 0) is 10.8 Å². The third-order valence-corrected chi connectivity index (χ3v) is 15.1. The quantitative estimate of drug-likeness (QED) is 0.173. The number of benzene rings is 11. The maximum Gasteiger partial charge on any atom is 0.0505 e. The van der Waals surface area contributed by atoms with Crippen LogP contribution in [0.25, 0.3) is 87.6 Å². The second kappa shape index (κ2) is 14.3. The fraction of sp³-hybridized carbons (Fsp3) is 0.0938. The average molecular weight is 845 g/mol. The van der Waals surface area contributed by atoms with Crippen LogP contribution in [0.2, 0.25) is 0 Å². The summed E-state index contributed by atoms with van der Waals surface area (Å²) in [6.45, 7) is 9.44. The van der Waals surface area contributed by atoms with Crippen molar-refractivity contribution < 1.29 is 0 Å². The lowest BCUT2D eigenvalue weighted by molar-refractivity contribution is 0.638. The molecule has 0 aromatic heterocycles. The minimum atomic E-state index is -0.188. The van der Waals surface area contributed by atoms with Gasteiger partial charge in [0.25, 0.3) is 0 Å². The van der Waals surface area contributed by atoms with E-state index in [1.54, 1.807) is 0 Å². The Balaban J connectivity index is 1.17. The molecule has 13 rings (SSSR count). The maximum absolute atomic E-state index is 3.96. The molecule has 0 fully saturated rings. The molecule has 2 N–H and O–H groups in total. The van der Waals surface area contributed by atoms with E-state index in [0.29, 0.717) is 0 Å². The van der Waals surface area contributed by atoms with Crippen molar-refractivity contribution >= 4 is 65.8 Å². The molecule has 2 nitrogen and oxygen atoms in total. The van der Waals surface area contributed by atoms with Gasteiger partial charge in [0, 0.05) is 33.3 Å². The third kappa shape index (κ3) is 5.48. The lowest BCUT2D eigenvalue weighted by Gasteiger charge is -2.37. The van der Waals surface area contributed by atoms with E-state index in [2.05, 4.69) is 245 Å². The first kappa shape index (κ1) is 38.5. The van der Waals surface area contributed by atoms with Crippen molar-refractivity contribution in [1.82, 2.24) is 0 Å². The Labute approximate surface area is 386 Å². The predicted octanol–water partition coefficient (Wildman–Crippen LogP) is 17.7. The van der Waals surface area contributed by atoms with Gasteiger partial charge in [-0.15, -0.1) is 0 Å². The van der Waals surface area contributed by atoms with Crippen LogP contribution in [-0.4, -0.2) is 0 Å². The standard InChI is InChI=1S/C64H48N2/c1-63(2)52-32-12-14-36-56(52)65-61-48(30-18-34-54(61)63)40-26-16-28-46-50(40)38-51-41(49-31-19-35-55-62(49)66-57-37-15-13-33-53(57)64(55,3)4)27-17-29-47(51)60(46)59-44-24-10-8-22-42(44)58(39-20-6-5-7-21-39)43-23-9-11-25-45(43)59/h5-38,65-66H,1-4H3. The van der Waals surface area contributed by atoms with Crippen LogP contribution in [0.3, 0.4) is 0 Å². The number of fused-ring (bicyclic) bond motifs is 8. The molecule has 0 atom stereocenters. The Morgan fingerprint density at radius 3 is 1.08 bits per heavy atom. The van der Waals surface area contributed by atoms with E-state index in [1.807, 2.05) is 0 Å². The molecule has 0 amide bonds. The Morgan fingerprint density at radius 1 is 0.273 bits per heavy atom. The minimum Gasteiger partial charge on any atom is -0.355 e. The van der Waals surface area contributed by atoms with Gasteiger partial charge in [-0.25, -0.2) is 0 Å². The monoisotopic (exact) mass is 844 g/mol. The molecule has 0 bridgehead atoms. The van der Waals surface area contributed by atoms with Gasteiger partial charge in [-0.2, -0.15) is 0 Å². The van der Waals surface area contributed by atoms with E-state index in [1.165, 1.54) is 133 Å². The highest BCUT2D eigenvalue weighted by Crippen LogP contribution is 2.54. The van der Waals surface area contributed by atoms with Crippen molar-refractivity contribution in [1.29, 1.82) is 0 Å². The molecule has 0 spiro atoms. The van der Waals surface area contributed by atoms with E-state index in [9.17, 15) is 0 Å². The van der Waals surface area contributed by atoms with E-state index >= 15 is 0 Å². The Kier molecular flexibility index (Phi) is 8.33. The van der Waals surface area contributed by atoms with E-state index in [-0.39, 0.29) is 10.8 Å². The summed E-state index contributed by atoms with van der Waals surface area (Å²) in [6.07, 6.45) is 0. The minimum absolute atomic E-state index is 0.188. The van der Waals surface area contributed by atoms with Gasteiger partial charge in [0.2, 0.25) is 0 Å². The van der Waals surface area contributed by atoms with E-state index in [0.717, 1.165) is 0 Å². The van der Waals surface area contributed by atoms with Crippen LogP contribution in [0.4, 0.5) is 22.7 Å². The molecule has 0 saturated carbocycles. The fourth-order valence-electron chi connectivity index (χ4n) is 11.9. The number of hydrogen-bond donors (Lipinski definition) is 2. The molecule has 0 unspecified atom stereocenters. The van der Waals surface area contributed by atoms with Crippen LogP contribution >= 0.6 is 0 Å². The molecule has 2 aliphatic heterocycles. The lowest BCUT2D eigenvalue weighted by atomic mass is 9.73. The van der Waals surface area contributed by atoms with Crippen LogP contribution in [0.15, 0.2) is 206 Å². The van der Waals surface area contributed by atoms with Gasteiger partial charge >= 0.3 is 0 Å². The van der Waals surface area contributed by atoms with Crippen molar-refractivity contribution in [3.05, 3.63) is 229 Å². The number of rotatable bonds is 4. The second-order valence-corrected chi connectivity index (χ2v) is 19.3. The topological polar surface area (TPSA) is 24.1 Å². The first-order chi connectivity index (χ1) is 32.3. The summed E-state index contributed by atoms with van der Waals surface area (Å²) in [7, 11) is 0. The van der Waals surface area contributed by atoms with E-state index in [4.69, 9.17) is 0 Å². The highest BCUT2D eigenvalue weighted by molar-refractivity contribution is 6.29. The third-order valence-electron chi connectivity index (χ3n) is 15.1. The number of anilines is 4. The molecular weight excluding hydrogens is 797 g/mol. The van der Waals surface area contributed by atoms with Gasteiger partial charge in [0.05, 0.1) is 11.4 Å². The zero-order valence-corrected chi connectivity index (χ0v) is 37.6. The molecule has 0 saturated heterocycles. The summed E-state index contributed by atoms with van der Waals surface area (Å²) >= 11 is 0. The Hall–Kier alpha value is -7.94. The zero-order chi connectivity index (χ0) is 44.3. The summed E-state index contributed by atoms with van der Waals surface area (Å²) in [5, 5.41) is 17.8. The highest BCUT2D eigenvalue weighted by Gasteiger charge is 2.36. The van der Waals surface area contributed by atoms with Crippen molar-refractivity contribution in [2.24, 2.45) is 0 Å². The fourth-order valence-corrected chi connectivity index (χ4v) is 11.9. The molecular formula is C64H48N2. The summed E-state index contributed by atoms with van der Waals surface area (Å²) in [6, 6.07) is 76.9. The van der Waals surface area contributed by atoms with Crippen molar-refractivity contribution in [3.63, 3.8) is 0 Å². The summed E-state index contributed by atoms with van der Waals surface area (Å²) < 4.78 is 0. The Morgan fingerprint density at radius 2 is 0.606 bits per heavy atom. The molecule has 11 aromatic carbocycles. The molecule has 2 heterocycles. The van der Waals surface area contributed by atoms with Gasteiger partial charge in [0.1, 0.15) is 0 Å². The molecule has 11 aromatic rings. The summed E-state index contributed by atoms with van der Waals surface area (Å²) in [5.41, 5.74) is 19.4. The lowest BCUT2D eigenvalue weighted by Crippen LogP contribution is -2.26. The van der Waals surface area contributed by atoms with Gasteiger partial charge in [-0.3, -0.25) is 0 Å². The van der Waals surface area contributed by atoms with Crippen LogP contribution in [0, 0.1) is 0 Å². The molecule has 314 valence electrons. The number of nitrogens with one attached hydrogen (secondary N) is 2. The molecule has 0 radical (unpaired) electrons. The largest absolute Gasteiger partial charge is 0.355 e. The van der Waals surface area contributed by atoms with Crippen molar-refractivity contribution in [3.8, 4) is 44.5 Å². The van der Waals surface area contributed by atoms with Gasteiger partial charge in [-0.05, 0) is 117 Å². The summed E-state index contributed by atoms with van der Waals surface area (Å²) in [5.74, 6) is 0. The zero-order valence-electron chi connectivity index (χ0n) is 37.6. The number of hydrogen-bond acceptors (Lipinski definition) is 2. The normalized spacial score (nSPS) is 14.2. The van der Waals surface area contributed by atoms with Crippen LogP contribution < -0.4 is 10.6 Å².